The third-order valence-corrected chi connectivity index (χ3v) is 8.27. The third kappa shape index (κ3) is 5.88. The lowest BCUT2D eigenvalue weighted by Gasteiger charge is -2.40. The van der Waals surface area contributed by atoms with E-state index in [-0.39, 0.29) is 31.5 Å². The van der Waals surface area contributed by atoms with Crippen molar-refractivity contribution in [1.29, 1.82) is 5.26 Å². The van der Waals surface area contributed by atoms with Gasteiger partial charge in [0.25, 0.3) is 5.91 Å². The normalized spacial score (nSPS) is 22.2. The number of carbonyl (C=O) groups is 2. The maximum Gasteiger partial charge on any atom is 0.402 e. The molecule has 2 amide bonds. The summed E-state index contributed by atoms with van der Waals surface area (Å²) in [5, 5.41) is 8.98. The molecule has 5 heterocycles. The van der Waals surface area contributed by atoms with Crippen LogP contribution >= 0.6 is 0 Å². The van der Waals surface area contributed by atoms with Crippen LogP contribution in [0.25, 0.3) is 0 Å². The number of pyridine rings is 2. The largest absolute Gasteiger partial charge is 0.476 e. The summed E-state index contributed by atoms with van der Waals surface area (Å²) < 4.78 is 48.0. The van der Waals surface area contributed by atoms with E-state index in [9.17, 15) is 22.8 Å². The second kappa shape index (κ2) is 12.1. The summed E-state index contributed by atoms with van der Waals surface area (Å²) in [6.45, 7) is 2.20. The van der Waals surface area contributed by atoms with Crippen molar-refractivity contribution in [3.8, 4) is 11.9 Å². The highest BCUT2D eigenvalue weighted by atomic mass is 19.4. The van der Waals surface area contributed by atoms with E-state index >= 15 is 0 Å². The molecule has 0 spiro atoms. The number of aromatic nitrogens is 2. The number of hydrogen-bond acceptors (Lipinski definition) is 9. The van der Waals surface area contributed by atoms with Gasteiger partial charge in [0.05, 0.1) is 11.6 Å². The highest BCUT2D eigenvalue weighted by Crippen LogP contribution is 2.41. The average molecular weight is 607 g/mol. The molecule has 3 aromatic rings. The molecule has 3 atom stereocenters. The standard InChI is InChI=1S/C30H29F3N8O3/c31-30(32,33)27-23(16-37-38-28(27)42)41-17-21-3-1-2-4-22(21)24(41)18-44-26-13-20(7-8-35-26)29(43)40-11-9-39(10-12-40)25-6-5-19(14-34)15-36-25/h1-8,13,15,23-24,27,37H,9-12,16-18H2,(H,38,42)/t23?,24-,27?/m1/s1. The van der Waals surface area contributed by atoms with Crippen LogP contribution in [0.5, 0.6) is 5.88 Å². The molecule has 11 nitrogen and oxygen atoms in total. The summed E-state index contributed by atoms with van der Waals surface area (Å²) in [5.41, 5.74) is 7.26. The number of hydrazine groups is 1. The average Bonchev–Trinajstić information content (AvgIpc) is 3.41. The van der Waals surface area contributed by atoms with E-state index in [1.165, 1.54) is 18.5 Å². The maximum absolute atomic E-state index is 14.0. The van der Waals surface area contributed by atoms with Gasteiger partial charge in [-0.1, -0.05) is 24.3 Å². The van der Waals surface area contributed by atoms with Gasteiger partial charge in [0.15, 0.2) is 5.92 Å². The first-order valence-corrected chi connectivity index (χ1v) is 14.1. The summed E-state index contributed by atoms with van der Waals surface area (Å²) in [5.74, 6) is -2.60. The number of rotatable bonds is 6. The number of alkyl halides is 3. The smallest absolute Gasteiger partial charge is 0.402 e. The van der Waals surface area contributed by atoms with E-state index < -0.39 is 30.1 Å². The van der Waals surface area contributed by atoms with Gasteiger partial charge >= 0.3 is 6.18 Å². The molecule has 14 heteroatoms. The monoisotopic (exact) mass is 606 g/mol. The predicted octanol–water partition coefficient (Wildman–Crippen LogP) is 2.43. The Hall–Kier alpha value is -4.74. The first-order chi connectivity index (χ1) is 21.2. The van der Waals surface area contributed by atoms with E-state index in [1.807, 2.05) is 35.2 Å². The van der Waals surface area contributed by atoms with Crippen LogP contribution < -0.4 is 20.5 Å². The molecule has 2 fully saturated rings. The molecule has 1 aromatic carbocycles. The molecular weight excluding hydrogens is 577 g/mol. The number of nitriles is 1. The predicted molar refractivity (Wildman–Crippen MR) is 151 cm³/mol. The number of halogens is 3. The Labute approximate surface area is 251 Å². The Morgan fingerprint density at radius 1 is 1.09 bits per heavy atom. The number of piperazine rings is 1. The highest BCUT2D eigenvalue weighted by Gasteiger charge is 2.55. The molecule has 6 rings (SSSR count). The zero-order valence-electron chi connectivity index (χ0n) is 23.5. The minimum Gasteiger partial charge on any atom is -0.476 e. The van der Waals surface area contributed by atoms with Gasteiger partial charge in [0.2, 0.25) is 11.8 Å². The van der Waals surface area contributed by atoms with E-state index in [0.717, 1.165) is 16.9 Å². The fraction of sp³-hybridized carbons (Fsp3) is 0.367. The number of ether oxygens (including phenoxy) is 1. The summed E-state index contributed by atoms with van der Waals surface area (Å²) in [6, 6.07) is 14.3. The Morgan fingerprint density at radius 3 is 2.61 bits per heavy atom. The van der Waals surface area contributed by atoms with E-state index in [1.54, 1.807) is 28.0 Å². The van der Waals surface area contributed by atoms with Gasteiger partial charge in [0.1, 0.15) is 18.5 Å². The van der Waals surface area contributed by atoms with Crippen molar-refractivity contribution in [2.45, 2.75) is 24.8 Å². The van der Waals surface area contributed by atoms with Crippen LogP contribution in [0.3, 0.4) is 0 Å². The van der Waals surface area contributed by atoms with E-state index in [4.69, 9.17) is 10.00 Å². The number of nitrogens with zero attached hydrogens (tertiary/aromatic N) is 6. The Kier molecular flexibility index (Phi) is 8.07. The second-order valence-electron chi connectivity index (χ2n) is 10.8. The van der Waals surface area contributed by atoms with Gasteiger partial charge < -0.3 is 14.5 Å². The zero-order chi connectivity index (χ0) is 30.8. The van der Waals surface area contributed by atoms with Crippen LogP contribution in [0.4, 0.5) is 19.0 Å². The Balaban J connectivity index is 1.13. The van der Waals surface area contributed by atoms with E-state index in [0.29, 0.717) is 37.3 Å². The quantitative estimate of drug-likeness (QED) is 0.435. The molecule has 2 saturated heterocycles. The Morgan fingerprint density at radius 2 is 1.89 bits per heavy atom. The molecule has 2 aromatic heterocycles. The van der Waals surface area contributed by atoms with Gasteiger partial charge in [-0.3, -0.25) is 19.9 Å². The van der Waals surface area contributed by atoms with Crippen LogP contribution in [-0.4, -0.2) is 83.1 Å². The first-order valence-electron chi connectivity index (χ1n) is 14.1. The lowest BCUT2D eigenvalue weighted by molar-refractivity contribution is -0.202. The molecule has 2 unspecified atom stereocenters. The van der Waals surface area contributed by atoms with Gasteiger partial charge in [-0.25, -0.2) is 15.4 Å². The highest BCUT2D eigenvalue weighted by molar-refractivity contribution is 5.94. The number of benzene rings is 1. The van der Waals surface area contributed by atoms with Crippen LogP contribution in [0.1, 0.15) is 33.1 Å². The number of amides is 2. The van der Waals surface area contributed by atoms with Crippen molar-refractivity contribution < 1.29 is 27.5 Å². The number of nitrogens with one attached hydrogen (secondary N) is 2. The summed E-state index contributed by atoms with van der Waals surface area (Å²) in [4.78, 5) is 39.6. The number of carbonyl (C=O) groups excluding carboxylic acids is 2. The van der Waals surface area contributed by atoms with Gasteiger partial charge in [0, 0.05) is 69.3 Å². The molecule has 228 valence electrons. The zero-order valence-corrected chi connectivity index (χ0v) is 23.5. The van der Waals surface area contributed by atoms with E-state index in [2.05, 4.69) is 20.8 Å². The number of fused-ring (bicyclic) bond motifs is 1. The lowest BCUT2D eigenvalue weighted by Crippen LogP contribution is -2.64. The van der Waals surface area contributed by atoms with Crippen molar-refractivity contribution in [3.63, 3.8) is 0 Å². The molecule has 3 aliphatic rings. The molecular formula is C30H29F3N8O3. The van der Waals surface area contributed by atoms with Crippen LogP contribution in [0, 0.1) is 17.2 Å². The fourth-order valence-electron chi connectivity index (χ4n) is 6.06. The third-order valence-electron chi connectivity index (χ3n) is 8.27. The molecule has 2 N–H and O–H groups in total. The van der Waals surface area contributed by atoms with Gasteiger partial charge in [-0.15, -0.1) is 0 Å². The fourth-order valence-corrected chi connectivity index (χ4v) is 6.06. The van der Waals surface area contributed by atoms with Gasteiger partial charge in [-0.2, -0.15) is 18.4 Å². The summed E-state index contributed by atoms with van der Waals surface area (Å²) in [7, 11) is 0. The molecule has 0 saturated carbocycles. The number of hydrogen-bond donors (Lipinski definition) is 2. The first kappa shape index (κ1) is 29.3. The van der Waals surface area contributed by atoms with Crippen LogP contribution in [0.15, 0.2) is 60.9 Å². The van der Waals surface area contributed by atoms with Crippen molar-refractivity contribution in [3.05, 3.63) is 83.2 Å². The van der Waals surface area contributed by atoms with Crippen molar-refractivity contribution in [2.24, 2.45) is 5.92 Å². The van der Waals surface area contributed by atoms with Crippen molar-refractivity contribution >= 4 is 17.6 Å². The van der Waals surface area contributed by atoms with Crippen molar-refractivity contribution in [2.75, 3.05) is 44.2 Å². The minimum absolute atomic E-state index is 0.0272. The Bertz CT molecular complexity index is 1570. The minimum atomic E-state index is -4.72. The van der Waals surface area contributed by atoms with Crippen molar-refractivity contribution in [1.82, 2.24) is 30.6 Å². The molecule has 0 aliphatic carbocycles. The maximum atomic E-state index is 14.0. The molecule has 0 radical (unpaired) electrons. The van der Waals surface area contributed by atoms with Gasteiger partial charge in [-0.05, 0) is 29.3 Å². The molecule has 44 heavy (non-hydrogen) atoms. The van der Waals surface area contributed by atoms with Crippen LogP contribution in [0.2, 0.25) is 0 Å². The molecule has 3 aliphatic heterocycles. The lowest BCUT2D eigenvalue weighted by atomic mass is 9.94. The number of anilines is 1. The summed E-state index contributed by atoms with van der Waals surface area (Å²) >= 11 is 0. The molecule has 0 bridgehead atoms. The SMILES string of the molecule is N#Cc1ccc(N2CCN(C(=O)c3ccnc(OC[C@@H]4c5ccccc5CN4C4CNNC(=O)C4C(F)(F)F)c3)CC2)nc1. The topological polar surface area (TPSA) is 127 Å². The second-order valence-corrected chi connectivity index (χ2v) is 10.8. The van der Waals surface area contributed by atoms with Crippen LogP contribution in [-0.2, 0) is 11.3 Å². The summed E-state index contributed by atoms with van der Waals surface area (Å²) in [6.07, 6.45) is -1.74.